The Morgan fingerprint density at radius 3 is 0.688 bits per heavy atom. The normalized spacial score (nSPS) is 48.8. The molecule has 7 aliphatic rings. The minimum Gasteiger partial charge on any atom is -0.310 e. The molecule has 0 aromatic rings. The summed E-state index contributed by atoms with van der Waals surface area (Å²) in [4.78, 5) is 30.8. The van der Waals surface area contributed by atoms with E-state index in [4.69, 9.17) is 0 Å². The van der Waals surface area contributed by atoms with Crippen LogP contribution in [0.1, 0.15) is 156 Å². The van der Waals surface area contributed by atoms with Crippen LogP contribution in [0.3, 0.4) is 0 Å². The van der Waals surface area contributed by atoms with Crippen LogP contribution in [0.5, 0.6) is 0 Å². The summed E-state index contributed by atoms with van der Waals surface area (Å²) in [5.74, 6) is 3.38. The topological polar surface area (TPSA) is 82.3 Å². The Morgan fingerprint density at radius 1 is 0.312 bits per heavy atom. The highest BCUT2D eigenvalue weighted by atomic mass is 16.1. The summed E-state index contributed by atoms with van der Waals surface area (Å²) in [6, 6.07) is 2.51. The van der Waals surface area contributed by atoms with Crippen molar-refractivity contribution >= 4 is 11.6 Å². The van der Waals surface area contributed by atoms with Crippen molar-refractivity contribution in [1.82, 2.24) is 21.3 Å². The molecule has 0 spiro atoms. The molecule has 8 atom stereocenters. The molecule has 48 heavy (non-hydrogen) atoms. The molecular weight excluding hydrogens is 592 g/mol. The number of rotatable bonds is 8. The first-order valence-electron chi connectivity index (χ1n) is 21.3. The predicted octanol–water partition coefficient (Wildman–Crippen LogP) is 7.34. The van der Waals surface area contributed by atoms with Gasteiger partial charge in [0.05, 0.1) is 0 Å². The fourth-order valence-corrected chi connectivity index (χ4v) is 12.0. The highest BCUT2D eigenvalue weighted by Gasteiger charge is 2.61. The van der Waals surface area contributed by atoms with Gasteiger partial charge in [-0.1, -0.05) is 27.7 Å². The van der Waals surface area contributed by atoms with Crippen molar-refractivity contribution in [3.05, 3.63) is 0 Å². The van der Waals surface area contributed by atoms with Gasteiger partial charge in [-0.25, -0.2) is 0 Å². The van der Waals surface area contributed by atoms with Gasteiger partial charge in [0.15, 0.2) is 0 Å². The third-order valence-corrected chi connectivity index (χ3v) is 15.3. The number of hydrogen-bond acceptors (Lipinski definition) is 6. The van der Waals surface area contributed by atoms with Gasteiger partial charge in [0.2, 0.25) is 0 Å². The number of fused-ring (bicyclic) bond motifs is 2. The monoisotopic (exact) mass is 665 g/mol. The smallest absolute Gasteiger partial charge is 0.143 e. The lowest BCUT2D eigenvalue weighted by Crippen LogP contribution is -2.70. The van der Waals surface area contributed by atoms with Crippen molar-refractivity contribution in [2.75, 3.05) is 0 Å². The molecule has 0 aromatic carbocycles. The molecule has 7 rings (SSSR count). The zero-order valence-electron chi connectivity index (χ0n) is 31.2. The van der Waals surface area contributed by atoms with E-state index in [2.05, 4.69) is 49.0 Å². The summed E-state index contributed by atoms with van der Waals surface area (Å²) < 4.78 is 0. The Morgan fingerprint density at radius 2 is 0.500 bits per heavy atom. The van der Waals surface area contributed by atoms with E-state index in [0.717, 1.165) is 49.4 Å². The maximum absolute atomic E-state index is 15.4. The van der Waals surface area contributed by atoms with Gasteiger partial charge in [-0.2, -0.15) is 0 Å². The van der Waals surface area contributed by atoms with Crippen LogP contribution in [0.2, 0.25) is 0 Å². The minimum atomic E-state index is -0.183. The summed E-state index contributed by atoms with van der Waals surface area (Å²) >= 11 is 0. The number of ketones is 2. The van der Waals surface area contributed by atoms with Crippen LogP contribution < -0.4 is 21.3 Å². The van der Waals surface area contributed by atoms with Crippen LogP contribution in [0.4, 0.5) is 0 Å². The van der Waals surface area contributed by atoms with E-state index in [0.29, 0.717) is 35.7 Å². The quantitative estimate of drug-likeness (QED) is 0.218. The van der Waals surface area contributed by atoms with Gasteiger partial charge in [-0.15, -0.1) is 0 Å². The third kappa shape index (κ3) is 7.97. The van der Waals surface area contributed by atoms with Crippen LogP contribution in [-0.2, 0) is 9.59 Å². The molecule has 0 radical (unpaired) electrons. The SMILES string of the molecule is CC1CCC(NC2CCC(NC3CCC(C)CC3)C3C(=O)C4C(NC5CCC(C)CC5)CCC(NC5CCC(C)CC5)C4C(=O)C23)CC1. The second kappa shape index (κ2) is 15.8. The summed E-state index contributed by atoms with van der Waals surface area (Å²) in [5, 5.41) is 16.4. The van der Waals surface area contributed by atoms with Gasteiger partial charge >= 0.3 is 0 Å². The Hall–Kier alpha value is -0.820. The standard InChI is InChI=1S/C42H72N4O2/c1-25-5-13-29(14-6-25)43-33-21-22-34(44-30-15-7-26(2)8-16-30)38-37(33)41(47)39-35(45-31-17-9-27(3)10-18-31)23-24-36(40(39)42(38)48)46-32-19-11-28(4)12-20-32/h25-40,43-46H,5-24H2,1-4H3. The third-order valence-electron chi connectivity index (χ3n) is 15.3. The molecule has 8 unspecified atom stereocenters. The van der Waals surface area contributed by atoms with Gasteiger partial charge in [-0.05, 0) is 152 Å². The Balaban J connectivity index is 1.17. The van der Waals surface area contributed by atoms with E-state index < -0.39 is 0 Å². The molecular formula is C42H72N4O2. The van der Waals surface area contributed by atoms with E-state index in [1.165, 1.54) is 103 Å². The Kier molecular flexibility index (Phi) is 11.7. The number of carbonyl (C=O) groups excluding carboxylic acids is 2. The van der Waals surface area contributed by atoms with Gasteiger partial charge in [0.25, 0.3) is 0 Å². The predicted molar refractivity (Wildman–Crippen MR) is 196 cm³/mol. The van der Waals surface area contributed by atoms with Crippen molar-refractivity contribution in [2.45, 2.75) is 204 Å². The van der Waals surface area contributed by atoms with Crippen LogP contribution in [-0.4, -0.2) is 59.9 Å². The van der Waals surface area contributed by atoms with Crippen molar-refractivity contribution in [3.8, 4) is 0 Å². The highest BCUT2D eigenvalue weighted by Crippen LogP contribution is 2.48. The largest absolute Gasteiger partial charge is 0.310 e. The number of hydrogen-bond donors (Lipinski definition) is 4. The molecule has 0 heterocycles. The van der Waals surface area contributed by atoms with Crippen LogP contribution >= 0.6 is 0 Å². The molecule has 6 nitrogen and oxygen atoms in total. The van der Waals surface area contributed by atoms with Crippen LogP contribution in [0, 0.1) is 47.3 Å². The lowest BCUT2D eigenvalue weighted by molar-refractivity contribution is -0.157. The Bertz CT molecular complexity index is 902. The molecule has 4 N–H and O–H groups in total. The first-order valence-corrected chi connectivity index (χ1v) is 21.3. The van der Waals surface area contributed by atoms with E-state index in [9.17, 15) is 0 Å². The average molecular weight is 665 g/mol. The van der Waals surface area contributed by atoms with Crippen molar-refractivity contribution in [1.29, 1.82) is 0 Å². The van der Waals surface area contributed by atoms with Gasteiger partial charge in [0.1, 0.15) is 11.6 Å². The lowest BCUT2D eigenvalue weighted by Gasteiger charge is -2.55. The molecule has 0 aromatic heterocycles. The molecule has 0 amide bonds. The zero-order valence-corrected chi connectivity index (χ0v) is 31.2. The average Bonchev–Trinajstić information content (AvgIpc) is 3.08. The molecule has 6 heteroatoms. The number of carbonyl (C=O) groups is 2. The zero-order chi connectivity index (χ0) is 33.4. The second-order valence-electron chi connectivity index (χ2n) is 19.0. The lowest BCUT2D eigenvalue weighted by atomic mass is 9.53. The molecule has 7 aliphatic carbocycles. The van der Waals surface area contributed by atoms with E-state index in [1.807, 2.05) is 0 Å². The minimum absolute atomic E-state index is 0.139. The van der Waals surface area contributed by atoms with Crippen LogP contribution in [0.15, 0.2) is 0 Å². The highest BCUT2D eigenvalue weighted by molar-refractivity contribution is 6.01. The number of nitrogens with one attached hydrogen (secondary N) is 4. The molecule has 272 valence electrons. The van der Waals surface area contributed by atoms with E-state index in [-0.39, 0.29) is 47.8 Å². The van der Waals surface area contributed by atoms with Crippen molar-refractivity contribution in [3.63, 3.8) is 0 Å². The van der Waals surface area contributed by atoms with Crippen LogP contribution in [0.25, 0.3) is 0 Å². The summed E-state index contributed by atoms with van der Waals surface area (Å²) in [6.07, 6.45) is 24.0. The fourth-order valence-electron chi connectivity index (χ4n) is 12.0. The van der Waals surface area contributed by atoms with Crippen molar-refractivity contribution < 1.29 is 9.59 Å². The molecule has 0 aliphatic heterocycles. The van der Waals surface area contributed by atoms with Gasteiger partial charge in [-0.3, -0.25) is 9.59 Å². The first kappa shape index (κ1) is 35.6. The fraction of sp³-hybridized carbons (Fsp3) is 0.952. The maximum atomic E-state index is 15.4. The molecule has 0 saturated heterocycles. The number of Topliss-reactive ketones (excluding diaryl/α,β-unsaturated/α-hetero) is 2. The van der Waals surface area contributed by atoms with Gasteiger partial charge in [0, 0.05) is 72.0 Å². The summed E-state index contributed by atoms with van der Waals surface area (Å²) in [7, 11) is 0. The van der Waals surface area contributed by atoms with Crippen molar-refractivity contribution in [2.24, 2.45) is 47.3 Å². The van der Waals surface area contributed by atoms with Gasteiger partial charge < -0.3 is 21.3 Å². The van der Waals surface area contributed by atoms with E-state index >= 15 is 9.59 Å². The van der Waals surface area contributed by atoms with E-state index in [1.54, 1.807) is 0 Å². The summed E-state index contributed by atoms with van der Waals surface area (Å²) in [6.45, 7) is 9.56. The molecule has 7 saturated carbocycles. The Labute approximate surface area is 293 Å². The maximum Gasteiger partial charge on any atom is 0.143 e. The second-order valence-corrected chi connectivity index (χ2v) is 19.0. The first-order chi connectivity index (χ1) is 23.2. The molecule has 0 bridgehead atoms. The molecule has 7 fully saturated rings. The summed E-state index contributed by atoms with van der Waals surface area (Å²) in [5.41, 5.74) is 0.